The summed E-state index contributed by atoms with van der Waals surface area (Å²) in [7, 11) is 1.26. The molecule has 0 saturated carbocycles. The SMILES string of the molecule is CCCC[C@H](NC(=O)[C@@H](N)CC/C=C/C(=O)OC)C(=O)C[C@H](C(=O)N[C@@H](CC(C)C)C(=O)N1CCC[C@H]1C(=O)N[C@@H](Cc1c[nH]c2ccccc12)C(=O)N1CCC[C@H]1C(=O)O)C(C)CC. The number of unbranched alkanes of at least 4 members (excludes halogenated alkanes) is 1. The lowest BCUT2D eigenvalue weighted by Gasteiger charge is -2.33. The summed E-state index contributed by atoms with van der Waals surface area (Å²) in [6, 6.07) is 1.62. The molecule has 0 radical (unpaired) electrons. The molecule has 2 aliphatic rings. The fourth-order valence-corrected chi connectivity index (χ4v) is 8.80. The van der Waals surface area contributed by atoms with Gasteiger partial charge >= 0.3 is 11.9 Å². The van der Waals surface area contributed by atoms with Gasteiger partial charge in [0.05, 0.1) is 19.2 Å². The summed E-state index contributed by atoms with van der Waals surface area (Å²) in [5.74, 6) is -5.61. The number of fused-ring (bicyclic) bond motifs is 1. The molecule has 4 rings (SSSR count). The van der Waals surface area contributed by atoms with Gasteiger partial charge in [-0.05, 0) is 74.8 Å². The zero-order chi connectivity index (χ0) is 47.8. The number of nitrogens with one attached hydrogen (secondary N) is 4. The van der Waals surface area contributed by atoms with E-state index in [2.05, 4.69) is 25.7 Å². The highest BCUT2D eigenvalue weighted by molar-refractivity contribution is 5.97. The van der Waals surface area contributed by atoms with E-state index in [4.69, 9.17) is 5.73 Å². The zero-order valence-corrected chi connectivity index (χ0v) is 38.9. The number of aromatic nitrogens is 1. The van der Waals surface area contributed by atoms with E-state index in [1.165, 1.54) is 23.0 Å². The van der Waals surface area contributed by atoms with Crippen molar-refractivity contribution in [2.75, 3.05) is 20.2 Å². The zero-order valence-electron chi connectivity index (χ0n) is 38.9. The second kappa shape index (κ2) is 25.2. The number of likely N-dealkylation sites (tertiary alicyclic amines) is 2. The topological polar surface area (TPSA) is 250 Å². The molecule has 3 heterocycles. The number of nitrogens with two attached hydrogens (primary N) is 1. The van der Waals surface area contributed by atoms with Crippen molar-refractivity contribution in [1.29, 1.82) is 0 Å². The Kier molecular flexibility index (Phi) is 20.2. The van der Waals surface area contributed by atoms with Crippen LogP contribution in [0, 0.1) is 17.8 Å². The molecule has 1 aromatic heterocycles. The van der Waals surface area contributed by atoms with E-state index in [0.29, 0.717) is 51.4 Å². The predicted molar refractivity (Wildman–Crippen MR) is 245 cm³/mol. The third-order valence-corrected chi connectivity index (χ3v) is 12.8. The number of rotatable bonds is 25. The first-order valence-corrected chi connectivity index (χ1v) is 23.3. The van der Waals surface area contributed by atoms with Crippen LogP contribution in [0.15, 0.2) is 42.6 Å². The maximum atomic E-state index is 14.6. The number of amides is 5. The first-order valence-electron chi connectivity index (χ1n) is 23.3. The minimum absolute atomic E-state index is 0.0440. The van der Waals surface area contributed by atoms with Gasteiger partial charge in [0.2, 0.25) is 29.5 Å². The van der Waals surface area contributed by atoms with E-state index in [1.807, 2.05) is 58.9 Å². The lowest BCUT2D eigenvalue weighted by Crippen LogP contribution is -2.58. The van der Waals surface area contributed by atoms with Crippen LogP contribution in [0.4, 0.5) is 0 Å². The third kappa shape index (κ3) is 14.5. The van der Waals surface area contributed by atoms with Crippen LogP contribution in [0.3, 0.4) is 0 Å². The number of benzene rings is 1. The molecule has 2 aromatic rings. The maximum Gasteiger partial charge on any atom is 0.330 e. The highest BCUT2D eigenvalue weighted by Gasteiger charge is 2.42. The van der Waals surface area contributed by atoms with E-state index >= 15 is 0 Å². The summed E-state index contributed by atoms with van der Waals surface area (Å²) in [5.41, 5.74) is 7.76. The van der Waals surface area contributed by atoms with Gasteiger partial charge in [-0.15, -0.1) is 0 Å². The average Bonchev–Trinajstić information content (AvgIpc) is 4.08. The Labute approximate surface area is 382 Å². The van der Waals surface area contributed by atoms with Crippen molar-refractivity contribution in [1.82, 2.24) is 30.7 Å². The first kappa shape index (κ1) is 52.0. The van der Waals surface area contributed by atoms with Crippen LogP contribution in [0.5, 0.6) is 0 Å². The number of nitrogens with zero attached hydrogens (tertiary/aromatic N) is 2. The van der Waals surface area contributed by atoms with Crippen LogP contribution in [0.25, 0.3) is 10.9 Å². The molecule has 2 saturated heterocycles. The number of hydrogen-bond acceptors (Lipinski definition) is 10. The Morgan fingerprint density at radius 3 is 2.17 bits per heavy atom. The van der Waals surface area contributed by atoms with Crippen LogP contribution in [-0.2, 0) is 49.5 Å². The van der Waals surface area contributed by atoms with E-state index in [1.54, 1.807) is 12.3 Å². The van der Waals surface area contributed by atoms with Gasteiger partial charge in [-0.25, -0.2) is 9.59 Å². The molecule has 2 fully saturated rings. The van der Waals surface area contributed by atoms with Gasteiger partial charge in [-0.3, -0.25) is 28.8 Å². The number of para-hydroxylation sites is 1. The second-order valence-electron chi connectivity index (χ2n) is 18.0. The summed E-state index contributed by atoms with van der Waals surface area (Å²) in [6.45, 7) is 10.1. The Morgan fingerprint density at radius 2 is 1.52 bits per heavy atom. The van der Waals surface area contributed by atoms with E-state index < -0.39 is 83.6 Å². The number of H-pyrrole nitrogens is 1. The molecule has 0 spiro atoms. The van der Waals surface area contributed by atoms with Gasteiger partial charge in [0.25, 0.3) is 0 Å². The van der Waals surface area contributed by atoms with Crippen molar-refractivity contribution in [2.24, 2.45) is 23.5 Å². The number of carbonyl (C=O) groups is 8. The summed E-state index contributed by atoms with van der Waals surface area (Å²) in [4.78, 5) is 114. The number of aliphatic carboxylic acids is 1. The van der Waals surface area contributed by atoms with Crippen molar-refractivity contribution in [2.45, 2.75) is 154 Å². The highest BCUT2D eigenvalue weighted by atomic mass is 16.5. The molecule has 1 aromatic carbocycles. The largest absolute Gasteiger partial charge is 0.480 e. The van der Waals surface area contributed by atoms with Gasteiger partial charge < -0.3 is 46.3 Å². The Bertz CT molecular complexity index is 2020. The number of carboxylic acid groups (broad SMARTS) is 1. The number of ketones is 1. The molecule has 1 unspecified atom stereocenters. The quantitative estimate of drug-likeness (QED) is 0.0616. The van der Waals surface area contributed by atoms with Crippen LogP contribution < -0.4 is 21.7 Å². The molecule has 2 aliphatic heterocycles. The summed E-state index contributed by atoms with van der Waals surface area (Å²) < 4.78 is 4.58. The lowest BCUT2D eigenvalue weighted by atomic mass is 9.84. The number of Topliss-reactive ketones (excluding diaryl/α,β-unsaturated/α-hetero) is 1. The number of ether oxygens (including phenoxy) is 1. The average molecular weight is 906 g/mol. The Morgan fingerprint density at radius 1 is 0.877 bits per heavy atom. The maximum absolute atomic E-state index is 14.6. The molecule has 0 aliphatic carbocycles. The molecule has 17 nitrogen and oxygen atoms in total. The molecular formula is C48H71N7O10. The predicted octanol–water partition coefficient (Wildman–Crippen LogP) is 3.93. The van der Waals surface area contributed by atoms with E-state index in [0.717, 1.165) is 22.9 Å². The summed E-state index contributed by atoms with van der Waals surface area (Å²) in [5, 5.41) is 19.5. The summed E-state index contributed by atoms with van der Waals surface area (Å²) >= 11 is 0. The molecule has 17 heteroatoms. The number of allylic oxidation sites excluding steroid dienone is 1. The third-order valence-electron chi connectivity index (χ3n) is 12.8. The fourth-order valence-electron chi connectivity index (χ4n) is 8.80. The highest BCUT2D eigenvalue weighted by Crippen LogP contribution is 2.27. The molecule has 0 bridgehead atoms. The number of carboxylic acids is 1. The fraction of sp³-hybridized carbons (Fsp3) is 0.625. The minimum atomic E-state index is -1.11. The number of hydrogen-bond donors (Lipinski definition) is 6. The van der Waals surface area contributed by atoms with Gasteiger partial charge in [0.15, 0.2) is 5.78 Å². The van der Waals surface area contributed by atoms with Crippen molar-refractivity contribution in [3.63, 3.8) is 0 Å². The number of aromatic amines is 1. The summed E-state index contributed by atoms with van der Waals surface area (Å²) in [6.07, 6.45) is 9.27. The van der Waals surface area contributed by atoms with Crippen molar-refractivity contribution in [3.05, 3.63) is 48.2 Å². The van der Waals surface area contributed by atoms with E-state index in [-0.39, 0.29) is 56.4 Å². The standard InChI is InChI=1S/C48H71N7O10/c1-7-9-18-36(51-44(59)34(49)17-11-13-22-42(57)65-6)41(56)27-33(30(5)8-2)43(58)52-37(25-29(3)4)46(61)54-23-14-20-39(54)45(60)53-38(47(62)55-24-15-21-40(55)48(63)64)26-31-28-50-35-19-12-10-16-32(31)35/h10,12-13,16,19,22,28-30,33-34,36-40,50H,7-9,11,14-15,17-18,20-21,23-27,49H2,1-6H3,(H,51,59)(H,52,58)(H,53,60)(H,63,64)/b22-13+/t30?,33-,34-,36-,37-,38-,39-,40-/m0/s1. The number of esters is 1. The van der Waals surface area contributed by atoms with Gasteiger partial charge in [0.1, 0.15) is 24.2 Å². The second-order valence-corrected chi connectivity index (χ2v) is 18.0. The van der Waals surface area contributed by atoms with Crippen molar-refractivity contribution >= 4 is 58.2 Å². The van der Waals surface area contributed by atoms with Crippen LogP contribution >= 0.6 is 0 Å². The van der Waals surface area contributed by atoms with Crippen molar-refractivity contribution < 1.29 is 48.2 Å². The Balaban J connectivity index is 1.51. The van der Waals surface area contributed by atoms with Crippen molar-refractivity contribution in [3.8, 4) is 0 Å². The van der Waals surface area contributed by atoms with Gasteiger partial charge in [-0.1, -0.05) is 78.2 Å². The monoisotopic (exact) mass is 906 g/mol. The lowest BCUT2D eigenvalue weighted by molar-refractivity contribution is -0.149. The van der Waals surface area contributed by atoms with Gasteiger partial charge in [0, 0.05) is 55.0 Å². The normalized spacial score (nSPS) is 19.1. The number of carbonyl (C=O) groups excluding carboxylic acids is 7. The molecule has 65 heavy (non-hydrogen) atoms. The van der Waals surface area contributed by atoms with Crippen LogP contribution in [-0.4, -0.2) is 124 Å². The molecular weight excluding hydrogens is 835 g/mol. The van der Waals surface area contributed by atoms with Crippen LogP contribution in [0.1, 0.15) is 117 Å². The Hall–Kier alpha value is -5.58. The molecule has 7 N–H and O–H groups in total. The molecule has 8 atom stereocenters. The number of methoxy groups -OCH3 is 1. The van der Waals surface area contributed by atoms with Crippen LogP contribution in [0.2, 0.25) is 0 Å². The smallest absolute Gasteiger partial charge is 0.330 e. The first-order chi connectivity index (χ1) is 31.0. The van der Waals surface area contributed by atoms with E-state index in [9.17, 15) is 43.5 Å². The molecule has 358 valence electrons. The van der Waals surface area contributed by atoms with Gasteiger partial charge in [-0.2, -0.15) is 0 Å². The molecule has 5 amide bonds. The minimum Gasteiger partial charge on any atom is -0.480 e.